The molecule has 2 rings (SSSR count). The number of anilines is 1. The third-order valence-corrected chi connectivity index (χ3v) is 7.85. The summed E-state index contributed by atoms with van der Waals surface area (Å²) in [4.78, 5) is 27.4. The van der Waals surface area contributed by atoms with Crippen molar-refractivity contribution in [2.24, 2.45) is 15.0 Å². The van der Waals surface area contributed by atoms with Crippen molar-refractivity contribution < 1.29 is 19.7 Å². The molecule has 0 saturated carbocycles. The fraction of sp³-hybridized carbons (Fsp3) is 0.619. The molecule has 10 nitrogen and oxygen atoms in total. The lowest BCUT2D eigenvalue weighted by molar-refractivity contribution is -0.106. The molecular formula is C42H80N6O4S. The largest absolute Gasteiger partial charge is 0.487 e. The molecule has 0 atom stereocenters. The highest BCUT2D eigenvalue weighted by Crippen LogP contribution is 2.33. The van der Waals surface area contributed by atoms with Gasteiger partial charge >= 0.3 is 0 Å². The number of aryl methyl sites for hydroxylation is 1. The number of hydrogen-bond donors (Lipinski definition) is 3. The van der Waals surface area contributed by atoms with Crippen molar-refractivity contribution in [1.29, 1.82) is 0 Å². The van der Waals surface area contributed by atoms with Crippen LogP contribution >= 0.6 is 11.8 Å². The molecule has 53 heavy (non-hydrogen) atoms. The molecule has 0 amide bonds. The number of rotatable bonds is 17. The van der Waals surface area contributed by atoms with Crippen molar-refractivity contribution in [2.45, 2.75) is 102 Å². The second-order valence-electron chi connectivity index (χ2n) is 10.4. The summed E-state index contributed by atoms with van der Waals surface area (Å²) >= 11 is 1.72. The normalized spacial score (nSPS) is 12.6. The van der Waals surface area contributed by atoms with Crippen LogP contribution in [0.4, 0.5) is 5.69 Å². The van der Waals surface area contributed by atoms with Crippen LogP contribution in [-0.2, 0) is 11.2 Å². The van der Waals surface area contributed by atoms with Crippen LogP contribution in [0, 0.1) is 0 Å². The minimum atomic E-state index is 0.268. The van der Waals surface area contributed by atoms with Crippen molar-refractivity contribution in [3.63, 3.8) is 0 Å². The quantitative estimate of drug-likeness (QED) is 0.0472. The molecule has 3 N–H and O–H groups in total. The van der Waals surface area contributed by atoms with E-state index in [-0.39, 0.29) is 6.61 Å². The topological polar surface area (TPSA) is 122 Å². The number of carbonyl (C=O) groups is 1. The Morgan fingerprint density at radius 3 is 2.26 bits per heavy atom. The van der Waals surface area contributed by atoms with Gasteiger partial charge in [-0.3, -0.25) is 9.98 Å². The molecule has 0 unspecified atom stereocenters. The molecule has 0 spiro atoms. The van der Waals surface area contributed by atoms with Gasteiger partial charge in [-0.2, -0.15) is 0 Å². The number of carbonyl (C=O) groups excluding carboxylic acids is 1. The summed E-state index contributed by atoms with van der Waals surface area (Å²) in [6, 6.07) is 6.26. The monoisotopic (exact) mass is 765 g/mol. The third kappa shape index (κ3) is 35.7. The first kappa shape index (κ1) is 59.2. The van der Waals surface area contributed by atoms with Gasteiger partial charge < -0.3 is 34.9 Å². The number of allylic oxidation sites excluding steroid dienone is 1. The van der Waals surface area contributed by atoms with Gasteiger partial charge in [-0.15, -0.1) is 0 Å². The third-order valence-electron chi connectivity index (χ3n) is 6.65. The highest BCUT2D eigenvalue weighted by atomic mass is 32.2. The molecule has 1 heterocycles. The van der Waals surface area contributed by atoms with Gasteiger partial charge in [0, 0.05) is 56.1 Å². The van der Waals surface area contributed by atoms with Gasteiger partial charge in [-0.1, -0.05) is 84.9 Å². The lowest BCUT2D eigenvalue weighted by Gasteiger charge is -2.25. The van der Waals surface area contributed by atoms with Crippen molar-refractivity contribution in [2.75, 3.05) is 79.0 Å². The molecule has 11 heteroatoms. The summed E-state index contributed by atoms with van der Waals surface area (Å²) in [6.45, 7) is 33.6. The minimum absolute atomic E-state index is 0.268. The first-order valence-electron chi connectivity index (χ1n) is 19.2. The van der Waals surface area contributed by atoms with Crippen LogP contribution in [0.15, 0.2) is 66.9 Å². The number of aliphatic hydroxyl groups excluding tert-OH is 2. The number of aldehydes is 1. The fourth-order valence-electron chi connectivity index (χ4n) is 3.84. The van der Waals surface area contributed by atoms with Crippen molar-refractivity contribution in [3.8, 4) is 5.75 Å². The highest BCUT2D eigenvalue weighted by molar-refractivity contribution is 8.06. The molecule has 0 fully saturated rings. The summed E-state index contributed by atoms with van der Waals surface area (Å²) in [7, 11) is 5.14. The van der Waals surface area contributed by atoms with Gasteiger partial charge in [0.25, 0.3) is 0 Å². The number of thioether (sulfide) groups is 1. The molecule has 0 aromatic heterocycles. The van der Waals surface area contributed by atoms with Crippen molar-refractivity contribution in [3.05, 3.63) is 57.5 Å². The Balaban J connectivity index is -0.000000360. The summed E-state index contributed by atoms with van der Waals surface area (Å²) in [6.07, 6.45) is 11.5. The Labute approximate surface area is 330 Å². The summed E-state index contributed by atoms with van der Waals surface area (Å²) < 4.78 is 6.06. The predicted molar refractivity (Wildman–Crippen MR) is 240 cm³/mol. The Bertz CT molecular complexity index is 1140. The standard InChI is InChI=1S/C28H41N5OS.C5H13NO.C2H4O.3C2H6.CH4O/c1-7-9-10-15-30-23(4)20-34-26-12-11-25(18-24(26)8-2)31-16-13-28(32-21-29-5)35-27-19-33(6)17-14-22(27)3;1-3-6(2)4-5-7;1-2-3;4*1-2/h7,9,11-13,18,21,31H,5,8,10,14-17,19-20H2,1-4,6H3;7H,3-5H2,1-2H3;2H,1H3;3*1-2H3;2H,1H3/b9-7-,28-13+,30-23?,32-21-;;;;;;. The smallest absolute Gasteiger partial charge is 0.126 e. The molecule has 0 aliphatic carbocycles. The van der Waals surface area contributed by atoms with E-state index in [2.05, 4.69) is 95.0 Å². The maximum absolute atomic E-state index is 8.81. The van der Waals surface area contributed by atoms with Crippen molar-refractivity contribution >= 4 is 42.5 Å². The number of likely N-dealkylation sites (N-methyl/N-ethyl adjacent to an activating group) is 2. The van der Waals surface area contributed by atoms with E-state index in [0.29, 0.717) is 13.2 Å². The second-order valence-corrected chi connectivity index (χ2v) is 11.6. The lowest BCUT2D eigenvalue weighted by atomic mass is 10.1. The van der Waals surface area contributed by atoms with E-state index < -0.39 is 0 Å². The Morgan fingerprint density at radius 2 is 1.75 bits per heavy atom. The van der Waals surface area contributed by atoms with Crippen LogP contribution in [0.3, 0.4) is 0 Å². The van der Waals surface area contributed by atoms with Crippen LogP contribution in [0.25, 0.3) is 0 Å². The SMILES string of the molecule is C=N/C=N\C(=C/CNc1ccc(OCC(C)=NCC/C=C\C)c(CC)c1)SC1=C(C)CCN(C)C1.CC.CC.CC.CC=O.CCN(C)CCO.CO. The number of aliphatic imine (C=N–C) groups is 3. The first-order valence-corrected chi connectivity index (χ1v) is 20.0. The number of nitrogens with one attached hydrogen (secondary N) is 1. The van der Waals surface area contributed by atoms with E-state index in [1.165, 1.54) is 29.3 Å². The van der Waals surface area contributed by atoms with Gasteiger partial charge in [-0.05, 0) is 104 Å². The maximum Gasteiger partial charge on any atom is 0.126 e. The Kier molecular flexibility index (Phi) is 52.4. The number of ether oxygens (including phenoxy) is 1. The fourth-order valence-corrected chi connectivity index (χ4v) is 4.92. The highest BCUT2D eigenvalue weighted by Gasteiger charge is 2.15. The van der Waals surface area contributed by atoms with Gasteiger partial charge in [0.15, 0.2) is 0 Å². The Morgan fingerprint density at radius 1 is 1.13 bits per heavy atom. The molecule has 0 saturated heterocycles. The zero-order chi connectivity index (χ0) is 41.9. The first-order chi connectivity index (χ1) is 25.7. The van der Waals surface area contributed by atoms with E-state index in [0.717, 1.165) is 87.6 Å². The van der Waals surface area contributed by atoms with E-state index >= 15 is 0 Å². The molecule has 308 valence electrons. The average molecular weight is 765 g/mol. The van der Waals surface area contributed by atoms with Crippen molar-refractivity contribution in [1.82, 2.24) is 9.80 Å². The summed E-state index contributed by atoms with van der Waals surface area (Å²) in [5.41, 5.74) is 4.69. The second kappa shape index (κ2) is 46.9. The lowest BCUT2D eigenvalue weighted by Crippen LogP contribution is -2.26. The van der Waals surface area contributed by atoms with E-state index in [1.807, 2.05) is 68.5 Å². The van der Waals surface area contributed by atoms with Crippen LogP contribution in [0.2, 0.25) is 0 Å². The summed E-state index contributed by atoms with van der Waals surface area (Å²) in [5.74, 6) is 0.915. The van der Waals surface area contributed by atoms with Crippen LogP contribution in [0.1, 0.15) is 101 Å². The number of benzene rings is 1. The minimum Gasteiger partial charge on any atom is -0.487 e. The molecule has 1 aromatic carbocycles. The average Bonchev–Trinajstić information content (AvgIpc) is 3.20. The molecule has 1 aliphatic rings. The molecule has 1 aromatic rings. The summed E-state index contributed by atoms with van der Waals surface area (Å²) in [5, 5.41) is 19.7. The zero-order valence-corrected chi connectivity index (χ0v) is 37.3. The number of nitrogens with zero attached hydrogens (tertiary/aromatic N) is 5. The van der Waals surface area contributed by atoms with E-state index in [9.17, 15) is 0 Å². The zero-order valence-electron chi connectivity index (χ0n) is 36.5. The molecule has 0 radical (unpaired) electrons. The van der Waals surface area contributed by atoms with E-state index in [1.54, 1.807) is 11.8 Å². The molecule has 1 aliphatic heterocycles. The van der Waals surface area contributed by atoms with Crippen LogP contribution in [0.5, 0.6) is 5.75 Å². The number of hydrogen-bond acceptors (Lipinski definition) is 10. The number of aliphatic hydroxyl groups is 2. The molecule has 0 bridgehead atoms. The van der Waals surface area contributed by atoms with Crippen LogP contribution < -0.4 is 10.1 Å². The predicted octanol–water partition coefficient (Wildman–Crippen LogP) is 9.20. The Hall–Kier alpha value is -3.09. The van der Waals surface area contributed by atoms with Gasteiger partial charge in [0.05, 0.1) is 6.61 Å². The van der Waals surface area contributed by atoms with E-state index in [4.69, 9.17) is 19.7 Å². The molecular weight excluding hydrogens is 685 g/mol. The maximum atomic E-state index is 8.81. The van der Waals surface area contributed by atoms with Gasteiger partial charge in [0.1, 0.15) is 30.0 Å². The van der Waals surface area contributed by atoms with Crippen LogP contribution in [-0.4, -0.2) is 119 Å². The van der Waals surface area contributed by atoms with Gasteiger partial charge in [-0.25, -0.2) is 4.99 Å². The van der Waals surface area contributed by atoms with Gasteiger partial charge in [0.2, 0.25) is 0 Å².